The van der Waals surface area contributed by atoms with Crippen molar-refractivity contribution in [2.45, 2.75) is 51.9 Å². The molecule has 1 amide bonds. The Morgan fingerprint density at radius 2 is 1.55 bits per heavy atom. The molecule has 0 atom stereocenters. The summed E-state index contributed by atoms with van der Waals surface area (Å²) in [5.74, 6) is -0.101. The van der Waals surface area contributed by atoms with E-state index in [9.17, 15) is 9.59 Å². The fourth-order valence-electron chi connectivity index (χ4n) is 1.80. The average molecular weight is 288 g/mol. The Labute approximate surface area is 121 Å². The van der Waals surface area contributed by atoms with Crippen LogP contribution in [0.5, 0.6) is 0 Å². The molecule has 0 saturated heterocycles. The van der Waals surface area contributed by atoms with E-state index in [1.165, 1.54) is 0 Å². The lowest BCUT2D eigenvalue weighted by Crippen LogP contribution is -2.22. The first-order valence-corrected chi connectivity index (χ1v) is 7.50. The fraction of sp³-hybridized carbons (Fsp3) is 0.857. The second kappa shape index (κ2) is 14.1. The summed E-state index contributed by atoms with van der Waals surface area (Å²) < 4.78 is 4.85. The highest BCUT2D eigenvalue weighted by molar-refractivity contribution is 5.69. The molecular formula is C14H28N2O4. The van der Waals surface area contributed by atoms with Gasteiger partial charge in [-0.3, -0.25) is 4.79 Å². The second-order valence-electron chi connectivity index (χ2n) is 4.66. The van der Waals surface area contributed by atoms with Gasteiger partial charge < -0.3 is 20.5 Å². The van der Waals surface area contributed by atoms with E-state index in [-0.39, 0.29) is 5.97 Å². The molecule has 0 rings (SSSR count). The molecular weight excluding hydrogens is 260 g/mol. The molecule has 0 unspecified atom stereocenters. The topological polar surface area (TPSA) is 87.7 Å². The van der Waals surface area contributed by atoms with Gasteiger partial charge in [-0.2, -0.15) is 0 Å². The predicted molar refractivity (Wildman–Crippen MR) is 77.8 cm³/mol. The van der Waals surface area contributed by atoms with Crippen LogP contribution in [0.4, 0.5) is 4.79 Å². The van der Waals surface area contributed by atoms with Gasteiger partial charge in [0.05, 0.1) is 6.61 Å². The largest absolute Gasteiger partial charge is 0.466 e. The number of unbranched alkanes of at least 4 members (excludes halogenated alkanes) is 4. The molecule has 0 spiro atoms. The van der Waals surface area contributed by atoms with E-state index in [0.717, 1.165) is 51.6 Å². The Kier molecular flexibility index (Phi) is 13.2. The van der Waals surface area contributed by atoms with Gasteiger partial charge in [-0.05, 0) is 45.7 Å². The number of carboxylic acid groups (broad SMARTS) is 1. The van der Waals surface area contributed by atoms with E-state index in [0.29, 0.717) is 19.6 Å². The van der Waals surface area contributed by atoms with Gasteiger partial charge in [-0.25, -0.2) is 4.79 Å². The molecule has 118 valence electrons. The van der Waals surface area contributed by atoms with Crippen molar-refractivity contribution in [3.05, 3.63) is 0 Å². The third-order valence-electron chi connectivity index (χ3n) is 2.85. The first-order chi connectivity index (χ1) is 9.66. The number of rotatable bonds is 13. The minimum Gasteiger partial charge on any atom is -0.466 e. The van der Waals surface area contributed by atoms with Crippen molar-refractivity contribution in [3.63, 3.8) is 0 Å². The van der Waals surface area contributed by atoms with E-state index >= 15 is 0 Å². The van der Waals surface area contributed by atoms with Gasteiger partial charge >= 0.3 is 12.1 Å². The predicted octanol–water partition coefficient (Wildman–Crippen LogP) is 2.14. The van der Waals surface area contributed by atoms with Crippen LogP contribution < -0.4 is 10.6 Å². The van der Waals surface area contributed by atoms with Crippen molar-refractivity contribution in [1.29, 1.82) is 0 Å². The molecule has 0 saturated carbocycles. The minimum atomic E-state index is -0.953. The number of hydrogen-bond donors (Lipinski definition) is 3. The normalized spacial score (nSPS) is 10.2. The van der Waals surface area contributed by atoms with E-state index in [1.54, 1.807) is 0 Å². The van der Waals surface area contributed by atoms with Gasteiger partial charge in [0.2, 0.25) is 0 Å². The summed E-state index contributed by atoms with van der Waals surface area (Å²) in [6, 6.07) is 0. The van der Waals surface area contributed by atoms with Crippen molar-refractivity contribution in [1.82, 2.24) is 10.6 Å². The zero-order valence-corrected chi connectivity index (χ0v) is 12.5. The van der Waals surface area contributed by atoms with Crippen LogP contribution in [0.3, 0.4) is 0 Å². The average Bonchev–Trinajstić information content (AvgIpc) is 2.40. The number of hydrogen-bond acceptors (Lipinski definition) is 4. The molecule has 6 heteroatoms. The molecule has 3 N–H and O–H groups in total. The van der Waals surface area contributed by atoms with Crippen molar-refractivity contribution < 1.29 is 19.4 Å². The maximum absolute atomic E-state index is 11.1. The van der Waals surface area contributed by atoms with E-state index in [1.807, 2.05) is 6.92 Å². The summed E-state index contributed by atoms with van der Waals surface area (Å²) in [6.07, 6.45) is 5.53. The van der Waals surface area contributed by atoms with Crippen LogP contribution in [0.1, 0.15) is 51.9 Å². The monoisotopic (exact) mass is 288 g/mol. The second-order valence-corrected chi connectivity index (χ2v) is 4.66. The number of amides is 1. The molecule has 0 aliphatic heterocycles. The first-order valence-electron chi connectivity index (χ1n) is 7.50. The van der Waals surface area contributed by atoms with E-state index in [2.05, 4.69) is 10.6 Å². The summed E-state index contributed by atoms with van der Waals surface area (Å²) in [6.45, 7) is 4.74. The standard InChI is InChI=1S/C14H28N2O4/c1-2-20-13(17)9-5-3-6-10-15-11-7-4-8-12-16-14(18)19/h15-16H,2-12H2,1H3,(H,18,19). The lowest BCUT2D eigenvalue weighted by Gasteiger charge is -2.05. The van der Waals surface area contributed by atoms with Gasteiger partial charge in [0.15, 0.2) is 0 Å². The third-order valence-corrected chi connectivity index (χ3v) is 2.85. The highest BCUT2D eigenvalue weighted by Crippen LogP contribution is 2.00. The van der Waals surface area contributed by atoms with E-state index in [4.69, 9.17) is 9.84 Å². The quantitative estimate of drug-likeness (QED) is 0.357. The van der Waals surface area contributed by atoms with Crippen molar-refractivity contribution >= 4 is 12.1 Å². The fourth-order valence-corrected chi connectivity index (χ4v) is 1.80. The molecule has 0 aliphatic rings. The van der Waals surface area contributed by atoms with Crippen LogP contribution in [-0.2, 0) is 9.53 Å². The Balaban J connectivity index is 3.06. The molecule has 0 aromatic rings. The number of ether oxygens (including phenoxy) is 1. The molecule has 20 heavy (non-hydrogen) atoms. The summed E-state index contributed by atoms with van der Waals surface area (Å²) >= 11 is 0. The smallest absolute Gasteiger partial charge is 0.404 e. The number of nitrogens with one attached hydrogen (secondary N) is 2. The summed E-state index contributed by atoms with van der Waals surface area (Å²) in [4.78, 5) is 21.3. The van der Waals surface area contributed by atoms with E-state index < -0.39 is 6.09 Å². The van der Waals surface area contributed by atoms with Crippen LogP contribution in [0.25, 0.3) is 0 Å². The summed E-state index contributed by atoms with van der Waals surface area (Å²) in [5.41, 5.74) is 0. The van der Waals surface area contributed by atoms with Crippen LogP contribution >= 0.6 is 0 Å². The lowest BCUT2D eigenvalue weighted by atomic mass is 10.2. The highest BCUT2D eigenvalue weighted by atomic mass is 16.5. The molecule has 0 radical (unpaired) electrons. The third kappa shape index (κ3) is 14.8. The maximum atomic E-state index is 11.1. The first kappa shape index (κ1) is 18.7. The maximum Gasteiger partial charge on any atom is 0.404 e. The minimum absolute atomic E-state index is 0.101. The molecule has 0 bridgehead atoms. The molecule has 0 aromatic carbocycles. The number of carbonyl (C=O) groups excluding carboxylic acids is 1. The van der Waals surface area contributed by atoms with Gasteiger partial charge in [0.1, 0.15) is 0 Å². The summed E-state index contributed by atoms with van der Waals surface area (Å²) in [7, 11) is 0. The molecule has 0 fully saturated rings. The van der Waals surface area contributed by atoms with Crippen molar-refractivity contribution in [3.8, 4) is 0 Å². The molecule has 0 aromatic heterocycles. The zero-order chi connectivity index (χ0) is 15.1. The SMILES string of the molecule is CCOC(=O)CCCCCNCCCCCNC(=O)O. The van der Waals surface area contributed by atoms with Gasteiger partial charge in [0.25, 0.3) is 0 Å². The van der Waals surface area contributed by atoms with Crippen LogP contribution in [0.15, 0.2) is 0 Å². The van der Waals surface area contributed by atoms with Gasteiger partial charge in [0, 0.05) is 13.0 Å². The Morgan fingerprint density at radius 1 is 0.950 bits per heavy atom. The summed E-state index contributed by atoms with van der Waals surface area (Å²) in [5, 5.41) is 14.1. The van der Waals surface area contributed by atoms with Crippen LogP contribution in [0.2, 0.25) is 0 Å². The number of carbonyl (C=O) groups is 2. The zero-order valence-electron chi connectivity index (χ0n) is 12.5. The van der Waals surface area contributed by atoms with Gasteiger partial charge in [-0.1, -0.05) is 12.8 Å². The van der Waals surface area contributed by atoms with Crippen LogP contribution in [-0.4, -0.2) is 43.4 Å². The Bertz CT molecular complexity index is 260. The molecule has 0 heterocycles. The lowest BCUT2D eigenvalue weighted by molar-refractivity contribution is -0.143. The molecule has 0 aliphatic carbocycles. The Hall–Kier alpha value is -1.30. The van der Waals surface area contributed by atoms with Crippen molar-refractivity contribution in [2.75, 3.05) is 26.2 Å². The van der Waals surface area contributed by atoms with Crippen molar-refractivity contribution in [2.24, 2.45) is 0 Å². The van der Waals surface area contributed by atoms with Crippen LogP contribution in [0, 0.1) is 0 Å². The van der Waals surface area contributed by atoms with Gasteiger partial charge in [-0.15, -0.1) is 0 Å². The highest BCUT2D eigenvalue weighted by Gasteiger charge is 2.00. The number of esters is 1. The Morgan fingerprint density at radius 3 is 2.15 bits per heavy atom. The molecule has 6 nitrogen and oxygen atoms in total.